The second-order valence-corrected chi connectivity index (χ2v) is 8.30. The number of benzene rings is 1. The van der Waals surface area contributed by atoms with E-state index in [4.69, 9.17) is 9.47 Å². The van der Waals surface area contributed by atoms with Gasteiger partial charge in [-0.05, 0) is 56.2 Å². The van der Waals surface area contributed by atoms with Crippen LogP contribution in [-0.2, 0) is 16.0 Å². The molecule has 7 heteroatoms. The van der Waals surface area contributed by atoms with Gasteiger partial charge in [-0.1, -0.05) is 25.0 Å². The van der Waals surface area contributed by atoms with Crippen molar-refractivity contribution in [3.05, 3.63) is 29.8 Å². The molecule has 0 heterocycles. The second-order valence-electron chi connectivity index (χ2n) is 8.30. The Labute approximate surface area is 178 Å². The van der Waals surface area contributed by atoms with E-state index in [9.17, 15) is 14.7 Å². The van der Waals surface area contributed by atoms with Crippen molar-refractivity contribution in [2.45, 2.75) is 64.0 Å². The summed E-state index contributed by atoms with van der Waals surface area (Å²) in [6.45, 7) is 3.94. The smallest absolute Gasteiger partial charge is 0.333 e. The molecule has 30 heavy (non-hydrogen) atoms. The minimum absolute atomic E-state index is 0.0309. The van der Waals surface area contributed by atoms with Crippen LogP contribution >= 0.6 is 0 Å². The van der Waals surface area contributed by atoms with E-state index in [2.05, 4.69) is 5.32 Å². The lowest BCUT2D eigenvalue weighted by atomic mass is 10.1. The molecule has 2 saturated carbocycles. The molecule has 0 saturated heterocycles. The molecular formula is C23H34N2O5. The molecule has 0 radical (unpaired) electrons. The van der Waals surface area contributed by atoms with Gasteiger partial charge >= 0.3 is 12.0 Å². The van der Waals surface area contributed by atoms with Crippen molar-refractivity contribution in [1.82, 2.24) is 10.2 Å². The first-order valence-corrected chi connectivity index (χ1v) is 11.2. The van der Waals surface area contributed by atoms with Crippen LogP contribution in [0.4, 0.5) is 4.79 Å². The van der Waals surface area contributed by atoms with Crippen LogP contribution in [0, 0.1) is 5.92 Å². The number of carboxylic acids is 1. The standard InChI is InChI=1S/C23H34N2O5/c1-2-29-21(22(26)27)15-17-9-11-20(12-10-17)30-14-13-25(16-18-7-8-18)23(28)24-19-5-3-4-6-19/h9-12,18-19,21H,2-8,13-16H2,1H3,(H,24,28)(H,26,27). The number of rotatable bonds is 12. The molecule has 2 amide bonds. The Balaban J connectivity index is 1.45. The number of ether oxygens (including phenoxy) is 2. The fourth-order valence-electron chi connectivity index (χ4n) is 3.85. The quantitative estimate of drug-likeness (QED) is 0.543. The van der Waals surface area contributed by atoms with Gasteiger partial charge in [0.25, 0.3) is 0 Å². The minimum atomic E-state index is -0.955. The van der Waals surface area contributed by atoms with Crippen molar-refractivity contribution in [3.8, 4) is 5.75 Å². The van der Waals surface area contributed by atoms with Gasteiger partial charge in [0, 0.05) is 25.6 Å². The van der Waals surface area contributed by atoms with Gasteiger partial charge in [0.2, 0.25) is 0 Å². The molecule has 0 aliphatic heterocycles. The zero-order chi connectivity index (χ0) is 21.3. The summed E-state index contributed by atoms with van der Waals surface area (Å²) in [5, 5.41) is 12.4. The van der Waals surface area contributed by atoms with Crippen LogP contribution in [0.15, 0.2) is 24.3 Å². The topological polar surface area (TPSA) is 88.1 Å². The number of aliphatic carboxylic acids is 1. The van der Waals surface area contributed by atoms with Gasteiger partial charge in [0.05, 0.1) is 6.54 Å². The number of hydrogen-bond acceptors (Lipinski definition) is 4. The maximum Gasteiger partial charge on any atom is 0.333 e. The van der Waals surface area contributed by atoms with Crippen molar-refractivity contribution in [2.24, 2.45) is 5.92 Å². The first-order valence-electron chi connectivity index (χ1n) is 11.2. The van der Waals surface area contributed by atoms with Crippen LogP contribution in [-0.4, -0.2) is 60.5 Å². The highest BCUT2D eigenvalue weighted by Crippen LogP contribution is 2.30. The highest BCUT2D eigenvalue weighted by atomic mass is 16.5. The maximum atomic E-state index is 12.7. The van der Waals surface area contributed by atoms with Crippen LogP contribution in [0.2, 0.25) is 0 Å². The van der Waals surface area contributed by atoms with E-state index < -0.39 is 12.1 Å². The summed E-state index contributed by atoms with van der Waals surface area (Å²) in [6.07, 6.45) is 6.45. The molecule has 1 atom stereocenters. The molecule has 3 rings (SSSR count). The molecule has 7 nitrogen and oxygen atoms in total. The zero-order valence-corrected chi connectivity index (χ0v) is 17.8. The Morgan fingerprint density at radius 2 is 1.87 bits per heavy atom. The zero-order valence-electron chi connectivity index (χ0n) is 17.8. The summed E-state index contributed by atoms with van der Waals surface area (Å²) in [4.78, 5) is 25.8. The fraction of sp³-hybridized carbons (Fsp3) is 0.652. The SMILES string of the molecule is CCOC(Cc1ccc(OCCN(CC2CC2)C(=O)NC2CCCC2)cc1)C(=O)O. The Morgan fingerprint density at radius 3 is 2.47 bits per heavy atom. The van der Waals surface area contributed by atoms with Crippen molar-refractivity contribution in [2.75, 3.05) is 26.3 Å². The third-order valence-corrected chi connectivity index (χ3v) is 5.76. The lowest BCUT2D eigenvalue weighted by Gasteiger charge is -2.25. The number of nitrogens with zero attached hydrogens (tertiary/aromatic N) is 1. The predicted molar refractivity (Wildman–Crippen MR) is 114 cm³/mol. The van der Waals surface area contributed by atoms with Crippen LogP contribution in [0.25, 0.3) is 0 Å². The molecule has 1 aromatic carbocycles. The summed E-state index contributed by atoms with van der Waals surface area (Å²) in [5.41, 5.74) is 0.884. The number of carboxylic acid groups (broad SMARTS) is 1. The van der Waals surface area contributed by atoms with E-state index in [0.717, 1.165) is 24.9 Å². The van der Waals surface area contributed by atoms with Crippen molar-refractivity contribution in [3.63, 3.8) is 0 Å². The summed E-state index contributed by atoms with van der Waals surface area (Å²) < 4.78 is 11.1. The summed E-state index contributed by atoms with van der Waals surface area (Å²) >= 11 is 0. The van der Waals surface area contributed by atoms with E-state index in [1.165, 1.54) is 25.7 Å². The highest BCUT2D eigenvalue weighted by Gasteiger charge is 2.28. The number of nitrogens with one attached hydrogen (secondary N) is 1. The van der Waals surface area contributed by atoms with Gasteiger partial charge < -0.3 is 24.8 Å². The van der Waals surface area contributed by atoms with Gasteiger partial charge in [-0.15, -0.1) is 0 Å². The number of amides is 2. The third kappa shape index (κ3) is 7.20. The molecule has 1 aromatic rings. The largest absolute Gasteiger partial charge is 0.492 e. The van der Waals surface area contributed by atoms with Crippen LogP contribution in [0.5, 0.6) is 5.75 Å². The average molecular weight is 419 g/mol. The molecule has 2 fully saturated rings. The Bertz CT molecular complexity index is 683. The number of carbonyl (C=O) groups is 2. The summed E-state index contributed by atoms with van der Waals surface area (Å²) in [7, 11) is 0. The van der Waals surface area contributed by atoms with Crippen LogP contribution in [0.3, 0.4) is 0 Å². The molecule has 1 unspecified atom stereocenters. The fourth-order valence-corrected chi connectivity index (χ4v) is 3.85. The lowest BCUT2D eigenvalue weighted by molar-refractivity contribution is -0.149. The molecular weight excluding hydrogens is 384 g/mol. The predicted octanol–water partition coefficient (Wildman–Crippen LogP) is 3.46. The Kier molecular flexibility index (Phi) is 8.37. The van der Waals surface area contributed by atoms with Crippen molar-refractivity contribution < 1.29 is 24.2 Å². The molecule has 2 N–H and O–H groups in total. The Morgan fingerprint density at radius 1 is 1.17 bits per heavy atom. The van der Waals surface area contributed by atoms with Gasteiger partial charge in [0.15, 0.2) is 6.10 Å². The molecule has 0 bridgehead atoms. The normalized spacial score (nSPS) is 17.5. The number of urea groups is 1. The van der Waals surface area contributed by atoms with Crippen molar-refractivity contribution in [1.29, 1.82) is 0 Å². The lowest BCUT2D eigenvalue weighted by Crippen LogP contribution is -2.46. The highest BCUT2D eigenvalue weighted by molar-refractivity contribution is 5.74. The average Bonchev–Trinajstić information content (AvgIpc) is 3.41. The van der Waals surface area contributed by atoms with E-state index >= 15 is 0 Å². The minimum Gasteiger partial charge on any atom is -0.492 e. The third-order valence-electron chi connectivity index (χ3n) is 5.76. The Hall–Kier alpha value is -2.28. The van der Waals surface area contributed by atoms with E-state index in [1.54, 1.807) is 6.92 Å². The van der Waals surface area contributed by atoms with Gasteiger partial charge in [-0.2, -0.15) is 0 Å². The molecule has 166 valence electrons. The molecule has 0 aromatic heterocycles. The van der Waals surface area contributed by atoms with E-state index in [-0.39, 0.29) is 6.03 Å². The molecule has 2 aliphatic carbocycles. The van der Waals surface area contributed by atoms with Gasteiger partial charge in [0.1, 0.15) is 12.4 Å². The van der Waals surface area contributed by atoms with Crippen LogP contribution in [0.1, 0.15) is 51.0 Å². The number of hydrogen-bond donors (Lipinski definition) is 2. The van der Waals surface area contributed by atoms with Gasteiger partial charge in [-0.25, -0.2) is 9.59 Å². The van der Waals surface area contributed by atoms with Crippen LogP contribution < -0.4 is 10.1 Å². The second kappa shape index (κ2) is 11.2. The van der Waals surface area contributed by atoms with E-state index in [1.807, 2.05) is 29.2 Å². The summed E-state index contributed by atoms with van der Waals surface area (Å²) in [5.74, 6) is 0.388. The summed E-state index contributed by atoms with van der Waals surface area (Å²) in [6, 6.07) is 7.74. The number of carbonyl (C=O) groups excluding carboxylic acids is 1. The molecule has 2 aliphatic rings. The van der Waals surface area contributed by atoms with Gasteiger partial charge in [-0.3, -0.25) is 0 Å². The first-order chi connectivity index (χ1) is 14.5. The maximum absolute atomic E-state index is 12.7. The van der Waals surface area contributed by atoms with E-state index in [0.29, 0.717) is 43.9 Å². The molecule has 0 spiro atoms. The van der Waals surface area contributed by atoms with Crippen molar-refractivity contribution >= 4 is 12.0 Å². The first kappa shape index (κ1) is 22.4. The monoisotopic (exact) mass is 418 g/mol.